The predicted octanol–water partition coefficient (Wildman–Crippen LogP) is 5.84. The van der Waals surface area contributed by atoms with Crippen LogP contribution >= 0.6 is 0 Å². The molecule has 2 aromatic carbocycles. The van der Waals surface area contributed by atoms with E-state index in [-0.39, 0.29) is 12.5 Å². The third kappa shape index (κ3) is 4.99. The van der Waals surface area contributed by atoms with Crippen molar-refractivity contribution in [1.82, 2.24) is 19.3 Å². The Kier molecular flexibility index (Phi) is 6.27. The average Bonchev–Trinajstić information content (AvgIpc) is 3.33. The molecule has 2 heterocycles. The van der Waals surface area contributed by atoms with E-state index in [1.807, 2.05) is 18.5 Å². The molecule has 0 bridgehead atoms. The summed E-state index contributed by atoms with van der Waals surface area (Å²) in [4.78, 5) is 17.3. The lowest BCUT2D eigenvalue weighted by atomic mass is 9.99. The molecule has 6 nitrogen and oxygen atoms in total. The first-order chi connectivity index (χ1) is 16.4. The van der Waals surface area contributed by atoms with Crippen LogP contribution in [0.15, 0.2) is 48.7 Å². The first-order valence-corrected chi connectivity index (χ1v) is 11.1. The highest BCUT2D eigenvalue weighted by molar-refractivity contribution is 6.03. The van der Waals surface area contributed by atoms with E-state index in [0.717, 1.165) is 22.9 Å². The number of rotatable bonds is 5. The molecular weight excluding hydrogens is 455 g/mol. The van der Waals surface area contributed by atoms with Gasteiger partial charge < -0.3 is 4.57 Å². The van der Waals surface area contributed by atoms with Gasteiger partial charge in [0.25, 0.3) is 5.91 Å². The highest BCUT2D eigenvalue weighted by Crippen LogP contribution is 2.29. The Bertz CT molecular complexity index is 1420. The summed E-state index contributed by atoms with van der Waals surface area (Å²) >= 11 is 0. The molecule has 0 radical (unpaired) electrons. The Morgan fingerprint density at radius 1 is 1.00 bits per heavy atom. The molecular formula is C26H26F3N5O. The number of hydrogen-bond acceptors (Lipinski definition) is 3. The van der Waals surface area contributed by atoms with Crippen LogP contribution in [0, 0.1) is 27.7 Å². The second-order valence-corrected chi connectivity index (χ2v) is 8.76. The number of imidazole rings is 1. The fraction of sp³-hybridized carbons (Fsp3) is 0.269. The molecule has 0 atom stereocenters. The first kappa shape index (κ1) is 24.3. The average molecular weight is 482 g/mol. The SMILES string of the molecule is Cc1cc(C)c(-c2cnc(NC(=O)c3cccc(Cn4nc(C(F)(F)F)cc4C)c3)n2C)cc1C. The van der Waals surface area contributed by atoms with Crippen LogP contribution < -0.4 is 5.32 Å². The van der Waals surface area contributed by atoms with Crippen LogP contribution in [-0.2, 0) is 19.8 Å². The minimum Gasteiger partial charge on any atom is -0.313 e. The van der Waals surface area contributed by atoms with E-state index < -0.39 is 11.9 Å². The van der Waals surface area contributed by atoms with Crippen molar-refractivity contribution < 1.29 is 18.0 Å². The zero-order valence-corrected chi connectivity index (χ0v) is 20.2. The summed E-state index contributed by atoms with van der Waals surface area (Å²) in [7, 11) is 1.84. The lowest BCUT2D eigenvalue weighted by Crippen LogP contribution is -2.16. The zero-order chi connectivity index (χ0) is 25.5. The first-order valence-electron chi connectivity index (χ1n) is 11.1. The van der Waals surface area contributed by atoms with Crippen LogP contribution in [-0.4, -0.2) is 25.2 Å². The maximum atomic E-state index is 13.0. The highest BCUT2D eigenvalue weighted by atomic mass is 19.4. The molecule has 0 spiro atoms. The van der Waals surface area contributed by atoms with Gasteiger partial charge in [0.1, 0.15) is 0 Å². The Labute approximate surface area is 201 Å². The van der Waals surface area contributed by atoms with E-state index in [1.54, 1.807) is 37.4 Å². The van der Waals surface area contributed by atoms with E-state index in [1.165, 1.54) is 15.8 Å². The Morgan fingerprint density at radius 3 is 2.40 bits per heavy atom. The van der Waals surface area contributed by atoms with Gasteiger partial charge in [-0.15, -0.1) is 0 Å². The number of amides is 1. The van der Waals surface area contributed by atoms with Gasteiger partial charge in [-0.1, -0.05) is 18.2 Å². The topological polar surface area (TPSA) is 64.7 Å². The van der Waals surface area contributed by atoms with E-state index in [0.29, 0.717) is 22.8 Å². The third-order valence-electron chi connectivity index (χ3n) is 6.12. The molecule has 182 valence electrons. The molecule has 9 heteroatoms. The number of anilines is 1. The van der Waals surface area contributed by atoms with Crippen molar-refractivity contribution in [3.05, 3.63) is 87.9 Å². The van der Waals surface area contributed by atoms with Gasteiger partial charge in [0.05, 0.1) is 18.4 Å². The summed E-state index contributed by atoms with van der Waals surface area (Å²) in [6, 6.07) is 12.0. The quantitative estimate of drug-likeness (QED) is 0.390. The van der Waals surface area contributed by atoms with Crippen molar-refractivity contribution in [1.29, 1.82) is 0 Å². The molecule has 4 rings (SSSR count). The number of aromatic nitrogens is 4. The highest BCUT2D eigenvalue weighted by Gasteiger charge is 2.34. The van der Waals surface area contributed by atoms with Gasteiger partial charge in [0.2, 0.25) is 5.95 Å². The summed E-state index contributed by atoms with van der Waals surface area (Å²) in [5, 5.41) is 6.49. The predicted molar refractivity (Wildman–Crippen MR) is 128 cm³/mol. The Morgan fingerprint density at radius 2 is 1.71 bits per heavy atom. The van der Waals surface area contributed by atoms with Gasteiger partial charge in [0.15, 0.2) is 5.69 Å². The van der Waals surface area contributed by atoms with Gasteiger partial charge in [-0.2, -0.15) is 18.3 Å². The summed E-state index contributed by atoms with van der Waals surface area (Å²) < 4.78 is 42.0. The van der Waals surface area contributed by atoms with E-state index in [4.69, 9.17) is 0 Å². The molecule has 0 saturated carbocycles. The zero-order valence-electron chi connectivity index (χ0n) is 20.2. The lowest BCUT2D eigenvalue weighted by molar-refractivity contribution is -0.141. The fourth-order valence-corrected chi connectivity index (χ4v) is 3.98. The monoisotopic (exact) mass is 481 g/mol. The minimum absolute atomic E-state index is 0.113. The summed E-state index contributed by atoms with van der Waals surface area (Å²) in [5.74, 6) is 0.0304. The molecule has 0 fully saturated rings. The van der Waals surface area contributed by atoms with Crippen molar-refractivity contribution in [2.45, 2.75) is 40.4 Å². The molecule has 0 unspecified atom stereocenters. The fourth-order valence-electron chi connectivity index (χ4n) is 3.98. The molecule has 1 N–H and O–H groups in total. The van der Waals surface area contributed by atoms with Crippen molar-refractivity contribution in [2.75, 3.05) is 5.32 Å². The maximum Gasteiger partial charge on any atom is 0.435 e. The Balaban J connectivity index is 1.54. The van der Waals surface area contributed by atoms with Crippen LogP contribution in [0.25, 0.3) is 11.3 Å². The number of aryl methyl sites for hydroxylation is 4. The number of nitrogens with zero attached hydrogens (tertiary/aromatic N) is 4. The molecule has 1 amide bonds. The number of halogens is 3. The van der Waals surface area contributed by atoms with Crippen molar-refractivity contribution >= 4 is 11.9 Å². The number of nitrogens with one attached hydrogen (secondary N) is 1. The molecule has 0 aliphatic carbocycles. The van der Waals surface area contributed by atoms with Gasteiger partial charge in [-0.3, -0.25) is 14.8 Å². The second kappa shape index (κ2) is 9.05. The van der Waals surface area contributed by atoms with Crippen LogP contribution in [0.1, 0.15) is 44.0 Å². The number of benzene rings is 2. The van der Waals surface area contributed by atoms with Gasteiger partial charge >= 0.3 is 6.18 Å². The van der Waals surface area contributed by atoms with Crippen LogP contribution in [0.5, 0.6) is 0 Å². The second-order valence-electron chi connectivity index (χ2n) is 8.76. The third-order valence-corrected chi connectivity index (χ3v) is 6.12. The summed E-state index contributed by atoms with van der Waals surface area (Å²) in [6.07, 6.45) is -2.78. The van der Waals surface area contributed by atoms with E-state index >= 15 is 0 Å². The maximum absolute atomic E-state index is 13.0. The van der Waals surface area contributed by atoms with Gasteiger partial charge in [-0.05, 0) is 74.2 Å². The summed E-state index contributed by atoms with van der Waals surface area (Å²) in [5.41, 5.74) is 5.89. The minimum atomic E-state index is -4.51. The van der Waals surface area contributed by atoms with Crippen LogP contribution in [0.4, 0.5) is 19.1 Å². The Hall–Kier alpha value is -3.88. The van der Waals surface area contributed by atoms with Gasteiger partial charge in [0, 0.05) is 23.9 Å². The standard InChI is InChI=1S/C26H26F3N5O/c1-15-9-17(3)21(10-16(15)2)22-13-30-25(33(22)5)31-24(35)20-8-6-7-19(12-20)14-34-18(4)11-23(32-34)26(27,28)29/h6-13H,14H2,1-5H3,(H,30,31,35). The van der Waals surface area contributed by atoms with Crippen LogP contribution in [0.3, 0.4) is 0 Å². The lowest BCUT2D eigenvalue weighted by Gasteiger charge is -2.12. The number of carbonyl (C=O) groups excluding carboxylic acids is 1. The smallest absolute Gasteiger partial charge is 0.313 e. The molecule has 0 aliphatic rings. The van der Waals surface area contributed by atoms with Crippen LogP contribution in [0.2, 0.25) is 0 Å². The molecule has 2 aromatic heterocycles. The number of hydrogen-bond donors (Lipinski definition) is 1. The molecule has 0 aliphatic heterocycles. The largest absolute Gasteiger partial charge is 0.435 e. The summed E-state index contributed by atoms with van der Waals surface area (Å²) in [6.45, 7) is 7.84. The normalized spacial score (nSPS) is 11.7. The van der Waals surface area contributed by atoms with Crippen molar-refractivity contribution in [2.24, 2.45) is 7.05 Å². The van der Waals surface area contributed by atoms with Crippen molar-refractivity contribution in [3.8, 4) is 11.3 Å². The number of alkyl halides is 3. The van der Waals surface area contributed by atoms with Gasteiger partial charge in [-0.25, -0.2) is 4.98 Å². The molecule has 0 saturated heterocycles. The van der Waals surface area contributed by atoms with E-state index in [2.05, 4.69) is 41.4 Å². The van der Waals surface area contributed by atoms with Crippen molar-refractivity contribution in [3.63, 3.8) is 0 Å². The molecule has 35 heavy (non-hydrogen) atoms. The molecule has 4 aromatic rings. The van der Waals surface area contributed by atoms with E-state index in [9.17, 15) is 18.0 Å². The number of carbonyl (C=O) groups is 1.